The minimum Gasteiger partial charge on any atom is -0.387 e. The highest BCUT2D eigenvalue weighted by Crippen LogP contribution is 2.20. The topological polar surface area (TPSA) is 86.4 Å². The number of nitrogens with zero attached hydrogens (tertiary/aromatic N) is 2. The fourth-order valence-electron chi connectivity index (χ4n) is 2.10. The average Bonchev–Trinajstić information content (AvgIpc) is 3.18. The van der Waals surface area contributed by atoms with E-state index in [0.29, 0.717) is 19.1 Å². The van der Waals surface area contributed by atoms with E-state index in [2.05, 4.69) is 10.4 Å². The van der Waals surface area contributed by atoms with Crippen LogP contribution in [0.3, 0.4) is 0 Å². The maximum atomic E-state index is 11.8. The van der Waals surface area contributed by atoms with Crippen molar-refractivity contribution < 1.29 is 13.9 Å². The van der Waals surface area contributed by atoms with Crippen molar-refractivity contribution in [2.24, 2.45) is 5.92 Å². The van der Waals surface area contributed by atoms with Crippen LogP contribution in [0.1, 0.15) is 6.42 Å². The van der Waals surface area contributed by atoms with Crippen LogP contribution in [0.2, 0.25) is 0 Å². The van der Waals surface area contributed by atoms with Crippen LogP contribution in [-0.4, -0.2) is 35.4 Å². The standard InChI is InChI=1S/C13H15N3O4S/c17-11(14-6-9-3-4-19-8-9)7-16-13(18)20-12(15-16)10-2-1-5-21-10/h1-2,5,9H,3-4,6-8H2,(H,14,17). The summed E-state index contributed by atoms with van der Waals surface area (Å²) in [7, 11) is 0. The molecule has 1 amide bonds. The molecule has 1 aliphatic rings. The van der Waals surface area contributed by atoms with Crippen molar-refractivity contribution in [2.75, 3.05) is 19.8 Å². The van der Waals surface area contributed by atoms with Crippen LogP contribution in [0.15, 0.2) is 26.7 Å². The lowest BCUT2D eigenvalue weighted by molar-refractivity contribution is -0.122. The molecule has 1 saturated heterocycles. The molecule has 0 aliphatic carbocycles. The molecule has 0 bridgehead atoms. The van der Waals surface area contributed by atoms with Crippen LogP contribution in [0.25, 0.3) is 10.8 Å². The maximum Gasteiger partial charge on any atom is 0.437 e. The van der Waals surface area contributed by atoms with Crippen molar-refractivity contribution >= 4 is 17.2 Å². The molecule has 1 fully saturated rings. The Morgan fingerprint density at radius 3 is 3.19 bits per heavy atom. The second-order valence-electron chi connectivity index (χ2n) is 4.84. The lowest BCUT2D eigenvalue weighted by atomic mass is 10.1. The summed E-state index contributed by atoms with van der Waals surface area (Å²) in [5, 5.41) is 8.69. The molecule has 8 heteroatoms. The van der Waals surface area contributed by atoms with Gasteiger partial charge < -0.3 is 14.5 Å². The Morgan fingerprint density at radius 2 is 2.48 bits per heavy atom. The first-order valence-corrected chi connectivity index (χ1v) is 7.56. The van der Waals surface area contributed by atoms with E-state index < -0.39 is 5.76 Å². The largest absolute Gasteiger partial charge is 0.437 e. The Kier molecular flexibility index (Phi) is 4.16. The molecule has 0 aromatic carbocycles. The number of thiophene rings is 1. The van der Waals surface area contributed by atoms with Gasteiger partial charge in [-0.3, -0.25) is 4.79 Å². The smallest absolute Gasteiger partial charge is 0.387 e. The Morgan fingerprint density at radius 1 is 1.57 bits per heavy atom. The van der Waals surface area contributed by atoms with Gasteiger partial charge in [-0.25, -0.2) is 4.79 Å². The van der Waals surface area contributed by atoms with Gasteiger partial charge in [-0.05, 0) is 17.9 Å². The molecule has 3 heterocycles. The van der Waals surface area contributed by atoms with Crippen LogP contribution in [0.5, 0.6) is 0 Å². The molecular weight excluding hydrogens is 294 g/mol. The monoisotopic (exact) mass is 309 g/mol. The zero-order chi connectivity index (χ0) is 14.7. The number of hydrogen-bond donors (Lipinski definition) is 1. The van der Waals surface area contributed by atoms with Gasteiger partial charge in [0.2, 0.25) is 5.91 Å². The zero-order valence-corrected chi connectivity index (χ0v) is 12.1. The Labute approximate surface area is 124 Å². The number of amides is 1. The highest BCUT2D eigenvalue weighted by atomic mass is 32.1. The molecule has 2 aromatic heterocycles. The maximum absolute atomic E-state index is 11.8. The summed E-state index contributed by atoms with van der Waals surface area (Å²) in [6, 6.07) is 3.65. The summed E-state index contributed by atoms with van der Waals surface area (Å²) >= 11 is 1.42. The number of rotatable bonds is 5. The van der Waals surface area contributed by atoms with Crippen LogP contribution in [0, 0.1) is 5.92 Å². The summed E-state index contributed by atoms with van der Waals surface area (Å²) in [6.07, 6.45) is 0.951. The normalized spacial score (nSPS) is 18.0. The van der Waals surface area contributed by atoms with Crippen LogP contribution in [0.4, 0.5) is 0 Å². The van der Waals surface area contributed by atoms with E-state index >= 15 is 0 Å². The third-order valence-electron chi connectivity index (χ3n) is 3.24. The fraction of sp³-hybridized carbons (Fsp3) is 0.462. The first kappa shape index (κ1) is 14.0. The molecular formula is C13H15N3O4S. The number of nitrogens with one attached hydrogen (secondary N) is 1. The minimum absolute atomic E-state index is 0.138. The van der Waals surface area contributed by atoms with Gasteiger partial charge in [0.05, 0.1) is 11.5 Å². The van der Waals surface area contributed by atoms with Gasteiger partial charge in [0.1, 0.15) is 6.54 Å². The first-order chi connectivity index (χ1) is 10.2. The summed E-state index contributed by atoms with van der Waals surface area (Å²) in [5.41, 5.74) is 0. The number of ether oxygens (including phenoxy) is 1. The summed E-state index contributed by atoms with van der Waals surface area (Å²) in [5.74, 6) is -0.288. The highest BCUT2D eigenvalue weighted by molar-refractivity contribution is 7.13. The number of carbonyl (C=O) groups is 1. The molecule has 3 rings (SSSR count). The van der Waals surface area contributed by atoms with Crippen molar-refractivity contribution in [1.29, 1.82) is 0 Å². The summed E-state index contributed by atoms with van der Waals surface area (Å²) in [4.78, 5) is 24.3. The number of carbonyl (C=O) groups excluding carboxylic acids is 1. The lowest BCUT2D eigenvalue weighted by Crippen LogP contribution is -2.34. The second kappa shape index (κ2) is 6.23. The van der Waals surface area contributed by atoms with Crippen LogP contribution < -0.4 is 11.1 Å². The molecule has 21 heavy (non-hydrogen) atoms. The van der Waals surface area contributed by atoms with Gasteiger partial charge >= 0.3 is 5.76 Å². The summed E-state index contributed by atoms with van der Waals surface area (Å²) < 4.78 is 11.3. The predicted octanol–water partition coefficient (Wildman–Crippen LogP) is 0.717. The van der Waals surface area contributed by atoms with E-state index in [1.54, 1.807) is 6.07 Å². The van der Waals surface area contributed by atoms with Gasteiger partial charge in [0.25, 0.3) is 5.89 Å². The van der Waals surface area contributed by atoms with Crippen LogP contribution >= 0.6 is 11.3 Å². The number of aromatic nitrogens is 2. The second-order valence-corrected chi connectivity index (χ2v) is 5.79. The predicted molar refractivity (Wildman–Crippen MR) is 76.0 cm³/mol. The van der Waals surface area contributed by atoms with Gasteiger partial charge in [-0.15, -0.1) is 16.4 Å². The van der Waals surface area contributed by atoms with Crippen LogP contribution in [-0.2, 0) is 16.1 Å². The molecule has 112 valence electrons. The quantitative estimate of drug-likeness (QED) is 0.879. The van der Waals surface area contributed by atoms with Crippen molar-refractivity contribution in [2.45, 2.75) is 13.0 Å². The van der Waals surface area contributed by atoms with E-state index in [4.69, 9.17) is 9.15 Å². The molecule has 0 spiro atoms. The van der Waals surface area contributed by atoms with Gasteiger partial charge in [0, 0.05) is 19.1 Å². The molecule has 1 unspecified atom stereocenters. The van der Waals surface area contributed by atoms with E-state index in [0.717, 1.165) is 22.6 Å². The fourth-order valence-corrected chi connectivity index (χ4v) is 2.74. The number of hydrogen-bond acceptors (Lipinski definition) is 6. The van der Waals surface area contributed by atoms with Crippen molar-refractivity contribution in [1.82, 2.24) is 15.1 Å². The van der Waals surface area contributed by atoms with E-state index in [1.807, 2.05) is 11.4 Å². The molecule has 7 nitrogen and oxygen atoms in total. The third-order valence-corrected chi connectivity index (χ3v) is 4.10. The van der Waals surface area contributed by atoms with E-state index in [-0.39, 0.29) is 18.3 Å². The van der Waals surface area contributed by atoms with Gasteiger partial charge in [0.15, 0.2) is 0 Å². The first-order valence-electron chi connectivity index (χ1n) is 6.68. The SMILES string of the molecule is O=C(Cn1nc(-c2cccs2)oc1=O)NCC1CCOC1. The highest BCUT2D eigenvalue weighted by Gasteiger charge is 2.18. The average molecular weight is 309 g/mol. The molecule has 1 N–H and O–H groups in total. The van der Waals surface area contributed by atoms with E-state index in [1.165, 1.54) is 11.3 Å². The molecule has 1 atom stereocenters. The Hall–Kier alpha value is -1.93. The summed E-state index contributed by atoms with van der Waals surface area (Å²) in [6.45, 7) is 1.84. The lowest BCUT2D eigenvalue weighted by Gasteiger charge is -2.08. The molecule has 0 radical (unpaired) electrons. The van der Waals surface area contributed by atoms with E-state index in [9.17, 15) is 9.59 Å². The van der Waals surface area contributed by atoms with Crippen molar-refractivity contribution in [3.8, 4) is 10.8 Å². The van der Waals surface area contributed by atoms with Crippen molar-refractivity contribution in [3.05, 3.63) is 28.1 Å². The van der Waals surface area contributed by atoms with Gasteiger partial charge in [-0.2, -0.15) is 4.68 Å². The Bertz CT molecular complexity index is 655. The molecule has 1 aliphatic heterocycles. The van der Waals surface area contributed by atoms with Gasteiger partial charge in [-0.1, -0.05) is 6.07 Å². The molecule has 0 saturated carbocycles. The Balaban J connectivity index is 1.59. The minimum atomic E-state index is -0.627. The third kappa shape index (κ3) is 3.40. The molecule has 2 aromatic rings. The zero-order valence-electron chi connectivity index (χ0n) is 11.3. The van der Waals surface area contributed by atoms with Crippen molar-refractivity contribution in [3.63, 3.8) is 0 Å².